The van der Waals surface area contributed by atoms with Crippen LogP contribution >= 0.6 is 0 Å². The lowest BCUT2D eigenvalue weighted by atomic mass is 10.00. The van der Waals surface area contributed by atoms with Crippen molar-refractivity contribution in [2.45, 2.75) is 19.4 Å². The van der Waals surface area contributed by atoms with Gasteiger partial charge in [-0.1, -0.05) is 30.3 Å². The van der Waals surface area contributed by atoms with Crippen molar-refractivity contribution < 1.29 is 9.53 Å². The van der Waals surface area contributed by atoms with E-state index in [1.165, 1.54) is 0 Å². The van der Waals surface area contributed by atoms with Gasteiger partial charge in [0.05, 0.1) is 18.5 Å². The number of methoxy groups -OCH3 is 1. The molecule has 174 valence electrons. The van der Waals surface area contributed by atoms with Crippen LogP contribution in [0, 0.1) is 11.3 Å². The molecule has 0 bridgehead atoms. The molecule has 1 heterocycles. The SMILES string of the molecule is COc1ccc(NC(=O)/C(C#N)=C/C(C)(C)N(C)C)cc1Nc1nccc(-c2ccccc2)n1. The summed E-state index contributed by atoms with van der Waals surface area (Å²) >= 11 is 0. The summed E-state index contributed by atoms with van der Waals surface area (Å²) in [5, 5.41) is 15.5. The fraction of sp³-hybridized carbons (Fsp3) is 0.231. The van der Waals surface area contributed by atoms with Crippen molar-refractivity contribution in [3.8, 4) is 23.1 Å². The molecule has 0 unspecified atom stereocenters. The third-order valence-corrected chi connectivity index (χ3v) is 5.44. The number of aromatic nitrogens is 2. The summed E-state index contributed by atoms with van der Waals surface area (Å²) in [6.07, 6.45) is 3.32. The highest BCUT2D eigenvalue weighted by molar-refractivity contribution is 6.07. The van der Waals surface area contributed by atoms with Gasteiger partial charge in [-0.25, -0.2) is 9.97 Å². The van der Waals surface area contributed by atoms with Crippen LogP contribution in [0.15, 0.2) is 72.4 Å². The number of likely N-dealkylation sites (N-methyl/N-ethyl adjacent to an activating group) is 1. The smallest absolute Gasteiger partial charge is 0.266 e. The van der Waals surface area contributed by atoms with E-state index in [1.807, 2.05) is 75.3 Å². The molecular formula is C26H28N6O2. The first-order chi connectivity index (χ1) is 16.2. The Bertz CT molecular complexity index is 1230. The summed E-state index contributed by atoms with van der Waals surface area (Å²) in [7, 11) is 5.33. The molecular weight excluding hydrogens is 428 g/mol. The highest BCUT2D eigenvalue weighted by atomic mass is 16.5. The number of hydrogen-bond donors (Lipinski definition) is 2. The van der Waals surface area contributed by atoms with Crippen LogP contribution < -0.4 is 15.4 Å². The van der Waals surface area contributed by atoms with Crippen LogP contribution in [0.5, 0.6) is 5.75 Å². The largest absolute Gasteiger partial charge is 0.495 e. The van der Waals surface area contributed by atoms with E-state index in [0.717, 1.165) is 11.3 Å². The molecule has 0 fully saturated rings. The van der Waals surface area contributed by atoms with E-state index in [1.54, 1.807) is 37.6 Å². The van der Waals surface area contributed by atoms with Crippen LogP contribution in [-0.4, -0.2) is 47.5 Å². The summed E-state index contributed by atoms with van der Waals surface area (Å²) in [5.41, 5.74) is 2.38. The molecule has 0 aliphatic heterocycles. The molecule has 8 nitrogen and oxygen atoms in total. The first-order valence-electron chi connectivity index (χ1n) is 10.7. The first-order valence-corrected chi connectivity index (χ1v) is 10.7. The summed E-state index contributed by atoms with van der Waals surface area (Å²) < 4.78 is 5.45. The van der Waals surface area contributed by atoms with Gasteiger partial charge in [-0.05, 0) is 58.3 Å². The zero-order valence-electron chi connectivity index (χ0n) is 20.0. The van der Waals surface area contributed by atoms with Crippen LogP contribution in [0.4, 0.5) is 17.3 Å². The number of amides is 1. The summed E-state index contributed by atoms with van der Waals surface area (Å²) in [6.45, 7) is 3.85. The van der Waals surface area contributed by atoms with E-state index < -0.39 is 11.4 Å². The second kappa shape index (κ2) is 10.6. The van der Waals surface area contributed by atoms with Crippen LogP contribution in [-0.2, 0) is 4.79 Å². The lowest BCUT2D eigenvalue weighted by Crippen LogP contribution is -2.37. The zero-order chi connectivity index (χ0) is 24.7. The minimum Gasteiger partial charge on any atom is -0.495 e. The second-order valence-corrected chi connectivity index (χ2v) is 8.34. The van der Waals surface area contributed by atoms with Gasteiger partial charge in [0, 0.05) is 23.0 Å². The molecule has 8 heteroatoms. The molecule has 0 radical (unpaired) electrons. The van der Waals surface area contributed by atoms with Gasteiger partial charge in [-0.2, -0.15) is 5.26 Å². The molecule has 0 aliphatic carbocycles. The summed E-state index contributed by atoms with van der Waals surface area (Å²) in [6, 6.07) is 18.7. The Hall–Kier alpha value is -4.22. The highest BCUT2D eigenvalue weighted by Gasteiger charge is 2.21. The van der Waals surface area contributed by atoms with E-state index in [2.05, 4.69) is 20.6 Å². The third-order valence-electron chi connectivity index (χ3n) is 5.44. The van der Waals surface area contributed by atoms with Gasteiger partial charge in [-0.3, -0.25) is 4.79 Å². The van der Waals surface area contributed by atoms with E-state index in [0.29, 0.717) is 23.1 Å². The van der Waals surface area contributed by atoms with Gasteiger partial charge in [0.2, 0.25) is 5.95 Å². The van der Waals surface area contributed by atoms with Crippen LogP contribution in [0.25, 0.3) is 11.3 Å². The predicted molar refractivity (Wildman–Crippen MR) is 134 cm³/mol. The van der Waals surface area contributed by atoms with Gasteiger partial charge in [0.25, 0.3) is 5.91 Å². The third kappa shape index (κ3) is 5.97. The Labute approximate surface area is 199 Å². The molecule has 34 heavy (non-hydrogen) atoms. The molecule has 1 amide bonds. The van der Waals surface area contributed by atoms with Crippen LogP contribution in [0.2, 0.25) is 0 Å². The number of rotatable bonds is 8. The van der Waals surface area contributed by atoms with Crippen LogP contribution in [0.1, 0.15) is 13.8 Å². The topological polar surface area (TPSA) is 103 Å². The standard InChI is InChI=1S/C26H28N6O2/c1-26(2,32(3)4)16-19(17-27)24(33)29-20-11-12-23(34-5)22(15-20)31-25-28-14-13-21(30-25)18-9-7-6-8-10-18/h6-16H,1-5H3,(H,29,33)(H,28,30,31)/b19-16+. The molecule has 3 rings (SSSR count). The van der Waals surface area contributed by atoms with Crippen molar-refractivity contribution in [1.29, 1.82) is 5.26 Å². The van der Waals surface area contributed by atoms with Crippen molar-refractivity contribution in [1.82, 2.24) is 14.9 Å². The number of nitrogens with one attached hydrogen (secondary N) is 2. The van der Waals surface area contributed by atoms with Gasteiger partial charge in [-0.15, -0.1) is 0 Å². The molecule has 0 spiro atoms. The average molecular weight is 457 g/mol. The molecule has 0 saturated carbocycles. The average Bonchev–Trinajstić information content (AvgIpc) is 2.83. The van der Waals surface area contributed by atoms with E-state index in [4.69, 9.17) is 4.74 Å². The number of carbonyl (C=O) groups excluding carboxylic acids is 1. The lowest BCUT2D eigenvalue weighted by Gasteiger charge is -2.29. The predicted octanol–water partition coefficient (Wildman–Crippen LogP) is 4.62. The maximum Gasteiger partial charge on any atom is 0.266 e. The zero-order valence-corrected chi connectivity index (χ0v) is 20.0. The number of nitrogens with zero attached hydrogens (tertiary/aromatic N) is 4. The Morgan fingerprint density at radius 1 is 1.15 bits per heavy atom. The normalized spacial score (nSPS) is 11.6. The fourth-order valence-corrected chi connectivity index (χ4v) is 3.02. The Morgan fingerprint density at radius 3 is 2.53 bits per heavy atom. The van der Waals surface area contributed by atoms with Gasteiger partial charge >= 0.3 is 0 Å². The molecule has 0 saturated heterocycles. The molecule has 0 atom stereocenters. The van der Waals surface area contributed by atoms with Gasteiger partial charge < -0.3 is 20.3 Å². The van der Waals surface area contributed by atoms with Crippen molar-refractivity contribution in [3.05, 3.63) is 72.4 Å². The fourth-order valence-electron chi connectivity index (χ4n) is 3.02. The molecule has 1 aromatic heterocycles. The van der Waals surface area contributed by atoms with E-state index >= 15 is 0 Å². The highest BCUT2D eigenvalue weighted by Crippen LogP contribution is 2.30. The Morgan fingerprint density at radius 2 is 1.88 bits per heavy atom. The molecule has 2 N–H and O–H groups in total. The van der Waals surface area contributed by atoms with Crippen molar-refractivity contribution in [2.75, 3.05) is 31.8 Å². The number of benzene rings is 2. The van der Waals surface area contributed by atoms with Gasteiger partial charge in [0.1, 0.15) is 17.4 Å². The number of nitriles is 1. The summed E-state index contributed by atoms with van der Waals surface area (Å²) in [4.78, 5) is 23.6. The van der Waals surface area contributed by atoms with Gasteiger partial charge in [0.15, 0.2) is 0 Å². The monoisotopic (exact) mass is 456 g/mol. The molecule has 0 aliphatic rings. The number of ether oxygens (including phenoxy) is 1. The number of anilines is 3. The lowest BCUT2D eigenvalue weighted by molar-refractivity contribution is -0.112. The van der Waals surface area contributed by atoms with E-state index in [9.17, 15) is 10.1 Å². The quantitative estimate of drug-likeness (QED) is 0.376. The molecule has 2 aromatic carbocycles. The van der Waals surface area contributed by atoms with Crippen molar-refractivity contribution >= 4 is 23.2 Å². The number of hydrogen-bond acceptors (Lipinski definition) is 7. The first kappa shape index (κ1) is 24.4. The minimum atomic E-state index is -0.490. The second-order valence-electron chi connectivity index (χ2n) is 8.34. The minimum absolute atomic E-state index is 0.0305. The maximum absolute atomic E-state index is 12.8. The van der Waals surface area contributed by atoms with Crippen LogP contribution in [0.3, 0.4) is 0 Å². The Balaban J connectivity index is 1.85. The Kier molecular flexibility index (Phi) is 7.61. The van der Waals surface area contributed by atoms with E-state index in [-0.39, 0.29) is 5.57 Å². The number of carbonyl (C=O) groups is 1. The maximum atomic E-state index is 12.8. The van der Waals surface area contributed by atoms with Crippen molar-refractivity contribution in [2.24, 2.45) is 0 Å². The van der Waals surface area contributed by atoms with Crippen molar-refractivity contribution in [3.63, 3.8) is 0 Å². The summed E-state index contributed by atoms with van der Waals surface area (Å²) in [5.74, 6) is 0.445. The molecule has 3 aromatic rings.